The summed E-state index contributed by atoms with van der Waals surface area (Å²) in [6.07, 6.45) is 6.97. The van der Waals surface area contributed by atoms with Gasteiger partial charge in [0.2, 0.25) is 5.91 Å². The van der Waals surface area contributed by atoms with Crippen molar-refractivity contribution in [3.63, 3.8) is 0 Å². The van der Waals surface area contributed by atoms with Crippen LogP contribution >= 0.6 is 11.3 Å². The molecule has 110 valence electrons. The minimum absolute atomic E-state index is 0.0376. The smallest absolute Gasteiger partial charge is 0.226 e. The summed E-state index contributed by atoms with van der Waals surface area (Å²) in [6.45, 7) is 2.60. The molecule has 4 nitrogen and oxygen atoms in total. The van der Waals surface area contributed by atoms with Crippen LogP contribution in [0.3, 0.4) is 0 Å². The van der Waals surface area contributed by atoms with Gasteiger partial charge in [-0.15, -0.1) is 0 Å². The van der Waals surface area contributed by atoms with Crippen molar-refractivity contribution < 1.29 is 9.53 Å². The lowest BCUT2D eigenvalue weighted by molar-refractivity contribution is -0.116. The van der Waals surface area contributed by atoms with Gasteiger partial charge >= 0.3 is 0 Å². The Balaban J connectivity index is 1.68. The number of amides is 1. The molecule has 0 radical (unpaired) electrons. The minimum Gasteiger partial charge on any atom is -0.494 e. The lowest BCUT2D eigenvalue weighted by Crippen LogP contribution is -2.14. The Labute approximate surface area is 127 Å². The summed E-state index contributed by atoms with van der Waals surface area (Å²) < 4.78 is 6.50. The molecule has 1 atom stereocenters. The predicted molar refractivity (Wildman–Crippen MR) is 85.9 cm³/mol. The van der Waals surface area contributed by atoms with Gasteiger partial charge in [-0.3, -0.25) is 4.79 Å². The molecule has 1 aromatic carbocycles. The Hall–Kier alpha value is -1.88. The van der Waals surface area contributed by atoms with E-state index in [2.05, 4.69) is 22.5 Å². The van der Waals surface area contributed by atoms with Crippen molar-refractivity contribution in [2.24, 2.45) is 5.92 Å². The summed E-state index contributed by atoms with van der Waals surface area (Å²) in [6, 6.07) is 5.79. The first kappa shape index (κ1) is 14.1. The molecule has 3 rings (SSSR count). The molecule has 0 unspecified atom stereocenters. The molecule has 0 bridgehead atoms. The highest BCUT2D eigenvalue weighted by Crippen LogP contribution is 2.30. The summed E-state index contributed by atoms with van der Waals surface area (Å²) in [7, 11) is 0. The van der Waals surface area contributed by atoms with E-state index in [0.29, 0.717) is 24.1 Å². The molecule has 5 heteroatoms. The fraction of sp³-hybridized carbons (Fsp3) is 0.375. The number of fused-ring (bicyclic) bond motifs is 1. The number of carbonyl (C=O) groups is 1. The van der Waals surface area contributed by atoms with E-state index < -0.39 is 0 Å². The highest BCUT2D eigenvalue weighted by molar-refractivity contribution is 7.22. The number of rotatable bonds is 5. The third kappa shape index (κ3) is 3.42. The van der Waals surface area contributed by atoms with Crippen molar-refractivity contribution in [3.05, 3.63) is 30.4 Å². The normalized spacial score (nSPS) is 17.3. The summed E-state index contributed by atoms with van der Waals surface area (Å²) in [5, 5.41) is 3.56. The van der Waals surface area contributed by atoms with Crippen molar-refractivity contribution in [2.45, 2.75) is 26.2 Å². The van der Waals surface area contributed by atoms with Crippen molar-refractivity contribution in [1.29, 1.82) is 0 Å². The van der Waals surface area contributed by atoms with Crippen molar-refractivity contribution >= 4 is 32.6 Å². The Morgan fingerprint density at radius 3 is 3.19 bits per heavy atom. The topological polar surface area (TPSA) is 51.2 Å². The lowest BCUT2D eigenvalue weighted by atomic mass is 10.1. The predicted octanol–water partition coefficient (Wildman–Crippen LogP) is 3.99. The molecule has 0 fully saturated rings. The van der Waals surface area contributed by atoms with Gasteiger partial charge in [0, 0.05) is 6.42 Å². The molecule has 2 aromatic rings. The van der Waals surface area contributed by atoms with Gasteiger partial charge in [-0.2, -0.15) is 0 Å². The number of anilines is 1. The summed E-state index contributed by atoms with van der Waals surface area (Å²) in [5.41, 5.74) is 0.888. The van der Waals surface area contributed by atoms with Crippen LogP contribution in [0.4, 0.5) is 5.13 Å². The van der Waals surface area contributed by atoms with E-state index in [4.69, 9.17) is 4.74 Å². The highest BCUT2D eigenvalue weighted by Gasteiger charge is 2.15. The van der Waals surface area contributed by atoms with E-state index >= 15 is 0 Å². The first-order chi connectivity index (χ1) is 10.2. The number of nitrogens with one attached hydrogen (secondary N) is 1. The lowest BCUT2D eigenvalue weighted by Gasteiger charge is -2.06. The molecular formula is C16H18N2O2S. The zero-order valence-corrected chi connectivity index (χ0v) is 12.8. The van der Waals surface area contributed by atoms with Crippen LogP contribution in [0.5, 0.6) is 5.75 Å². The second-order valence-electron chi connectivity index (χ2n) is 5.10. The molecule has 0 saturated carbocycles. The van der Waals surface area contributed by atoms with Crippen LogP contribution in [0.1, 0.15) is 26.2 Å². The number of aromatic nitrogens is 1. The van der Waals surface area contributed by atoms with Crippen molar-refractivity contribution in [1.82, 2.24) is 4.98 Å². The van der Waals surface area contributed by atoms with Gasteiger partial charge in [0.05, 0.1) is 16.8 Å². The zero-order chi connectivity index (χ0) is 14.7. The fourth-order valence-corrected chi connectivity index (χ4v) is 3.40. The quantitative estimate of drug-likeness (QED) is 0.850. The molecule has 1 N–H and O–H groups in total. The maximum atomic E-state index is 12.0. The molecule has 21 heavy (non-hydrogen) atoms. The molecular weight excluding hydrogens is 284 g/mol. The minimum atomic E-state index is 0.0376. The van der Waals surface area contributed by atoms with E-state index in [9.17, 15) is 4.79 Å². The van der Waals surface area contributed by atoms with Crippen molar-refractivity contribution in [3.8, 4) is 5.75 Å². The van der Waals surface area contributed by atoms with Gasteiger partial charge in [-0.25, -0.2) is 4.98 Å². The van der Waals surface area contributed by atoms with Crippen LogP contribution in [-0.2, 0) is 4.79 Å². The second-order valence-corrected chi connectivity index (χ2v) is 6.13. The Kier molecular flexibility index (Phi) is 4.20. The van der Waals surface area contributed by atoms with Crippen LogP contribution < -0.4 is 10.1 Å². The summed E-state index contributed by atoms with van der Waals surface area (Å²) >= 11 is 1.48. The van der Waals surface area contributed by atoms with E-state index in [0.717, 1.165) is 28.8 Å². The van der Waals surface area contributed by atoms with Gasteiger partial charge in [0.1, 0.15) is 5.75 Å². The number of hydrogen-bond acceptors (Lipinski definition) is 4. The van der Waals surface area contributed by atoms with Gasteiger partial charge in [0.25, 0.3) is 0 Å². The molecule has 1 aliphatic carbocycles. The van der Waals surface area contributed by atoms with E-state index in [1.165, 1.54) is 11.3 Å². The number of thiazole rings is 1. The number of hydrogen-bond donors (Lipinski definition) is 1. The fourth-order valence-electron chi connectivity index (χ4n) is 2.49. The van der Waals surface area contributed by atoms with E-state index in [1.54, 1.807) is 0 Å². The first-order valence-corrected chi connectivity index (χ1v) is 8.06. The molecule has 1 aliphatic rings. The molecule has 1 heterocycles. The van der Waals surface area contributed by atoms with Gasteiger partial charge in [-0.1, -0.05) is 23.5 Å². The number of benzene rings is 1. The summed E-state index contributed by atoms with van der Waals surface area (Å²) in [5.74, 6) is 1.25. The molecule has 0 saturated heterocycles. The van der Waals surface area contributed by atoms with Gasteiger partial charge in [-0.05, 0) is 43.9 Å². The Bertz CT molecular complexity index is 678. The number of carbonyl (C=O) groups excluding carboxylic acids is 1. The molecule has 0 spiro atoms. The number of allylic oxidation sites excluding steroid dienone is 2. The maximum Gasteiger partial charge on any atom is 0.226 e. The van der Waals surface area contributed by atoms with Gasteiger partial charge < -0.3 is 10.1 Å². The largest absolute Gasteiger partial charge is 0.494 e. The molecule has 1 amide bonds. The third-order valence-corrected chi connectivity index (χ3v) is 4.41. The monoisotopic (exact) mass is 302 g/mol. The second kappa shape index (κ2) is 6.26. The first-order valence-electron chi connectivity index (χ1n) is 7.24. The Morgan fingerprint density at radius 2 is 2.43 bits per heavy atom. The van der Waals surface area contributed by atoms with E-state index in [1.807, 2.05) is 25.1 Å². The van der Waals surface area contributed by atoms with Crippen LogP contribution in [0.15, 0.2) is 30.4 Å². The average Bonchev–Trinajstić information content (AvgIpc) is 3.07. The third-order valence-electron chi connectivity index (χ3n) is 3.48. The van der Waals surface area contributed by atoms with E-state index in [-0.39, 0.29) is 5.91 Å². The highest BCUT2D eigenvalue weighted by atomic mass is 32.1. The van der Waals surface area contributed by atoms with Crippen LogP contribution in [0.25, 0.3) is 10.2 Å². The number of ether oxygens (including phenoxy) is 1. The maximum absolute atomic E-state index is 12.0. The van der Waals surface area contributed by atoms with Crippen molar-refractivity contribution in [2.75, 3.05) is 11.9 Å². The van der Waals surface area contributed by atoms with Crippen LogP contribution in [0.2, 0.25) is 0 Å². The molecule has 1 aromatic heterocycles. The Morgan fingerprint density at radius 1 is 1.52 bits per heavy atom. The van der Waals surface area contributed by atoms with Crippen LogP contribution in [0, 0.1) is 5.92 Å². The SMILES string of the molecule is CCOc1ccc2nc(NC(=O)C[C@H]3C=CCC3)sc2c1. The summed E-state index contributed by atoms with van der Waals surface area (Å²) in [4.78, 5) is 16.5. The zero-order valence-electron chi connectivity index (χ0n) is 12.0. The standard InChI is InChI=1S/C16H18N2O2S/c1-2-20-12-7-8-13-14(10-12)21-16(17-13)18-15(19)9-11-5-3-4-6-11/h3,5,7-8,10-11H,2,4,6,9H2,1H3,(H,17,18,19)/t11-/m0/s1. The number of nitrogens with zero attached hydrogens (tertiary/aromatic N) is 1. The molecule has 0 aliphatic heterocycles. The average molecular weight is 302 g/mol. The van der Waals surface area contributed by atoms with Crippen LogP contribution in [-0.4, -0.2) is 17.5 Å². The van der Waals surface area contributed by atoms with Gasteiger partial charge in [0.15, 0.2) is 5.13 Å².